The minimum Gasteiger partial charge on any atom is -0.334 e. The molecule has 1 N–H and O–H groups in total. The molecule has 122 valence electrons. The van der Waals surface area contributed by atoms with Gasteiger partial charge in [-0.05, 0) is 19.5 Å². The zero-order chi connectivity index (χ0) is 16.3. The Labute approximate surface area is 127 Å². The molecule has 0 spiro atoms. The second-order valence-electron chi connectivity index (χ2n) is 5.62. The Kier molecular flexibility index (Phi) is 4.95. The van der Waals surface area contributed by atoms with Gasteiger partial charge in [0.25, 0.3) is 0 Å². The SMILES string of the molecule is CC1CN(C(=O)NCc2ccccc2)CC(C(F)(F)F)N1C. The second-order valence-corrected chi connectivity index (χ2v) is 5.62. The lowest BCUT2D eigenvalue weighted by atomic mass is 10.1. The zero-order valence-electron chi connectivity index (χ0n) is 12.6. The van der Waals surface area contributed by atoms with Gasteiger partial charge in [0.15, 0.2) is 0 Å². The van der Waals surface area contributed by atoms with Crippen molar-refractivity contribution in [3.05, 3.63) is 35.9 Å². The largest absolute Gasteiger partial charge is 0.405 e. The van der Waals surface area contributed by atoms with Crippen LogP contribution in [0.15, 0.2) is 30.3 Å². The fourth-order valence-corrected chi connectivity index (χ4v) is 2.55. The summed E-state index contributed by atoms with van der Waals surface area (Å²) >= 11 is 0. The Bertz CT molecular complexity index is 507. The van der Waals surface area contributed by atoms with Crippen molar-refractivity contribution in [3.63, 3.8) is 0 Å². The first-order chi connectivity index (χ1) is 10.3. The highest BCUT2D eigenvalue weighted by atomic mass is 19.4. The highest BCUT2D eigenvalue weighted by molar-refractivity contribution is 5.74. The predicted octanol–water partition coefficient (Wildman–Crippen LogP) is 2.46. The van der Waals surface area contributed by atoms with Gasteiger partial charge in [-0.3, -0.25) is 4.90 Å². The molecule has 2 amide bonds. The number of likely N-dealkylation sites (N-methyl/N-ethyl adjacent to an activating group) is 1. The van der Waals surface area contributed by atoms with Crippen LogP contribution >= 0.6 is 0 Å². The molecule has 0 aromatic heterocycles. The smallest absolute Gasteiger partial charge is 0.334 e. The van der Waals surface area contributed by atoms with Gasteiger partial charge in [0, 0.05) is 25.7 Å². The zero-order valence-corrected chi connectivity index (χ0v) is 12.6. The Hall–Kier alpha value is -1.76. The Morgan fingerprint density at radius 3 is 2.50 bits per heavy atom. The highest BCUT2D eigenvalue weighted by Gasteiger charge is 2.47. The molecule has 0 aliphatic carbocycles. The molecule has 2 rings (SSSR count). The van der Waals surface area contributed by atoms with Gasteiger partial charge >= 0.3 is 12.2 Å². The van der Waals surface area contributed by atoms with E-state index in [2.05, 4.69) is 5.32 Å². The van der Waals surface area contributed by atoms with Crippen LogP contribution in [0.5, 0.6) is 0 Å². The van der Waals surface area contributed by atoms with Crippen LogP contribution in [0.2, 0.25) is 0 Å². The average Bonchev–Trinajstić information content (AvgIpc) is 2.47. The van der Waals surface area contributed by atoms with Crippen molar-refractivity contribution in [1.29, 1.82) is 0 Å². The minimum absolute atomic E-state index is 0.281. The molecule has 22 heavy (non-hydrogen) atoms. The Morgan fingerprint density at radius 1 is 1.27 bits per heavy atom. The van der Waals surface area contributed by atoms with Crippen LogP contribution < -0.4 is 5.32 Å². The number of urea groups is 1. The van der Waals surface area contributed by atoms with Gasteiger partial charge in [-0.25, -0.2) is 4.79 Å². The molecule has 0 saturated carbocycles. The van der Waals surface area contributed by atoms with Crippen molar-refractivity contribution in [1.82, 2.24) is 15.1 Å². The predicted molar refractivity (Wildman–Crippen MR) is 77.3 cm³/mol. The summed E-state index contributed by atoms with van der Waals surface area (Å²) in [6.45, 7) is 1.93. The topological polar surface area (TPSA) is 35.6 Å². The van der Waals surface area contributed by atoms with E-state index in [1.54, 1.807) is 6.92 Å². The van der Waals surface area contributed by atoms with E-state index in [4.69, 9.17) is 0 Å². The molecule has 1 heterocycles. The van der Waals surface area contributed by atoms with Crippen LogP contribution in [0, 0.1) is 0 Å². The standard InChI is InChI=1S/C15H20F3N3O/c1-11-9-21(10-13(20(11)2)15(16,17)18)14(22)19-8-12-6-4-3-5-7-12/h3-7,11,13H,8-10H2,1-2H3,(H,19,22). The maximum absolute atomic E-state index is 13.1. The number of hydrogen-bond donors (Lipinski definition) is 1. The fourth-order valence-electron chi connectivity index (χ4n) is 2.55. The van der Waals surface area contributed by atoms with Gasteiger partial charge in [0.2, 0.25) is 0 Å². The number of piperazine rings is 1. The van der Waals surface area contributed by atoms with Gasteiger partial charge in [-0.1, -0.05) is 30.3 Å². The van der Waals surface area contributed by atoms with Crippen LogP contribution in [0.25, 0.3) is 0 Å². The normalized spacial score (nSPS) is 23.4. The number of nitrogens with zero attached hydrogens (tertiary/aromatic N) is 2. The molecule has 1 aliphatic heterocycles. The molecule has 1 fully saturated rings. The number of amides is 2. The van der Waals surface area contributed by atoms with E-state index in [-0.39, 0.29) is 19.1 Å². The van der Waals surface area contributed by atoms with Crippen molar-refractivity contribution in [2.45, 2.75) is 31.7 Å². The summed E-state index contributed by atoms with van der Waals surface area (Å²) < 4.78 is 39.2. The summed E-state index contributed by atoms with van der Waals surface area (Å²) in [5.41, 5.74) is 0.908. The Balaban J connectivity index is 1.97. The molecule has 1 aromatic carbocycles. The summed E-state index contributed by atoms with van der Waals surface area (Å²) in [6.07, 6.45) is -4.35. The van der Waals surface area contributed by atoms with Gasteiger partial charge in [-0.2, -0.15) is 13.2 Å². The molecular formula is C15H20F3N3O. The van der Waals surface area contributed by atoms with Gasteiger partial charge < -0.3 is 10.2 Å². The number of nitrogens with one attached hydrogen (secondary N) is 1. The lowest BCUT2D eigenvalue weighted by Gasteiger charge is -2.44. The van der Waals surface area contributed by atoms with E-state index in [9.17, 15) is 18.0 Å². The number of hydrogen-bond acceptors (Lipinski definition) is 2. The van der Waals surface area contributed by atoms with Gasteiger partial charge in [0.05, 0.1) is 0 Å². The van der Waals surface area contributed by atoms with Crippen LogP contribution in [0.3, 0.4) is 0 Å². The van der Waals surface area contributed by atoms with E-state index in [1.165, 1.54) is 16.8 Å². The third-order valence-electron chi connectivity index (χ3n) is 4.02. The van der Waals surface area contributed by atoms with E-state index in [0.717, 1.165) is 5.56 Å². The van der Waals surface area contributed by atoms with Crippen molar-refractivity contribution in [2.24, 2.45) is 0 Å². The van der Waals surface area contributed by atoms with Crippen LogP contribution in [0.1, 0.15) is 12.5 Å². The van der Waals surface area contributed by atoms with Gasteiger partial charge in [0.1, 0.15) is 6.04 Å². The molecule has 1 aliphatic rings. The number of halogens is 3. The molecular weight excluding hydrogens is 295 g/mol. The Morgan fingerprint density at radius 2 is 1.91 bits per heavy atom. The summed E-state index contributed by atoms with van der Waals surface area (Å²) in [5, 5.41) is 2.68. The first-order valence-corrected chi connectivity index (χ1v) is 7.14. The maximum atomic E-state index is 13.1. The number of rotatable bonds is 2. The molecule has 2 unspecified atom stereocenters. The van der Waals surface area contributed by atoms with Crippen LogP contribution in [-0.2, 0) is 6.54 Å². The first-order valence-electron chi connectivity index (χ1n) is 7.14. The molecule has 1 aromatic rings. The number of carbonyl (C=O) groups excluding carboxylic acids is 1. The van der Waals surface area contributed by atoms with E-state index in [1.807, 2.05) is 30.3 Å². The monoisotopic (exact) mass is 315 g/mol. The van der Waals surface area contributed by atoms with Gasteiger partial charge in [-0.15, -0.1) is 0 Å². The second kappa shape index (κ2) is 6.56. The van der Waals surface area contributed by atoms with Crippen molar-refractivity contribution in [2.75, 3.05) is 20.1 Å². The number of carbonyl (C=O) groups is 1. The molecule has 1 saturated heterocycles. The fraction of sp³-hybridized carbons (Fsp3) is 0.533. The van der Waals surface area contributed by atoms with Crippen molar-refractivity contribution >= 4 is 6.03 Å². The van der Waals surface area contributed by atoms with Crippen molar-refractivity contribution < 1.29 is 18.0 Å². The lowest BCUT2D eigenvalue weighted by Crippen LogP contribution is -2.63. The first kappa shape index (κ1) is 16.6. The average molecular weight is 315 g/mol. The molecule has 2 atom stereocenters. The summed E-state index contributed by atoms with van der Waals surface area (Å²) in [5.74, 6) is 0. The third-order valence-corrected chi connectivity index (χ3v) is 4.02. The van der Waals surface area contributed by atoms with Crippen molar-refractivity contribution in [3.8, 4) is 0 Å². The molecule has 7 heteroatoms. The number of benzene rings is 1. The minimum atomic E-state index is -4.35. The molecule has 0 radical (unpaired) electrons. The quantitative estimate of drug-likeness (QED) is 0.910. The molecule has 0 bridgehead atoms. The van der Waals surface area contributed by atoms with Crippen LogP contribution in [-0.4, -0.2) is 54.2 Å². The lowest BCUT2D eigenvalue weighted by molar-refractivity contribution is -0.196. The molecule has 4 nitrogen and oxygen atoms in total. The van der Waals surface area contributed by atoms with Crippen LogP contribution in [0.4, 0.5) is 18.0 Å². The third kappa shape index (κ3) is 3.91. The maximum Gasteiger partial charge on any atom is 0.405 e. The summed E-state index contributed by atoms with van der Waals surface area (Å²) in [7, 11) is 1.45. The van der Waals surface area contributed by atoms with E-state index < -0.39 is 18.2 Å². The highest BCUT2D eigenvalue weighted by Crippen LogP contribution is 2.29. The number of alkyl halides is 3. The summed E-state index contributed by atoms with van der Waals surface area (Å²) in [4.78, 5) is 14.6. The van der Waals surface area contributed by atoms with E-state index >= 15 is 0 Å². The summed E-state index contributed by atoms with van der Waals surface area (Å²) in [6, 6.07) is 6.83. The van der Waals surface area contributed by atoms with E-state index in [0.29, 0.717) is 6.54 Å².